The summed E-state index contributed by atoms with van der Waals surface area (Å²) in [6, 6.07) is 0. The lowest BCUT2D eigenvalue weighted by atomic mass is 9.91. The highest BCUT2D eigenvalue weighted by Gasteiger charge is 2.19. The van der Waals surface area contributed by atoms with Crippen molar-refractivity contribution >= 4 is 5.97 Å². The van der Waals surface area contributed by atoms with Crippen molar-refractivity contribution in [2.24, 2.45) is 5.92 Å². The summed E-state index contributed by atoms with van der Waals surface area (Å²) in [5.41, 5.74) is 0. The number of esters is 1. The monoisotopic (exact) mass is 372 g/mol. The number of hydrogen-bond donors (Lipinski definition) is 2. The van der Waals surface area contributed by atoms with E-state index in [1.165, 1.54) is 57.8 Å². The summed E-state index contributed by atoms with van der Waals surface area (Å²) in [5.74, 6) is -0.0351. The smallest absolute Gasteiger partial charge is 0.305 e. The van der Waals surface area contributed by atoms with Crippen molar-refractivity contribution in [3.05, 3.63) is 0 Å². The van der Waals surface area contributed by atoms with E-state index in [0.717, 1.165) is 25.7 Å². The van der Waals surface area contributed by atoms with Crippen LogP contribution >= 0.6 is 0 Å². The van der Waals surface area contributed by atoms with Crippen LogP contribution in [0.15, 0.2) is 0 Å². The van der Waals surface area contributed by atoms with Gasteiger partial charge in [0, 0.05) is 12.3 Å². The van der Waals surface area contributed by atoms with Crippen LogP contribution in [0.3, 0.4) is 0 Å². The number of ether oxygens (including phenoxy) is 1. The van der Waals surface area contributed by atoms with Crippen LogP contribution in [0.2, 0.25) is 0 Å². The van der Waals surface area contributed by atoms with Gasteiger partial charge in [0.25, 0.3) is 0 Å². The Kier molecular flexibility index (Phi) is 17.4. The Hall–Kier alpha value is -0.610. The summed E-state index contributed by atoms with van der Waals surface area (Å²) in [7, 11) is 0. The molecule has 4 heteroatoms. The zero-order valence-electron chi connectivity index (χ0n) is 17.5. The summed E-state index contributed by atoms with van der Waals surface area (Å²) in [5, 5.41) is 19.3. The van der Waals surface area contributed by atoms with Crippen LogP contribution in [0, 0.1) is 5.92 Å². The van der Waals surface area contributed by atoms with Crippen LogP contribution in [0.4, 0.5) is 0 Å². The summed E-state index contributed by atoms with van der Waals surface area (Å²) in [6.07, 6.45) is 15.4. The van der Waals surface area contributed by atoms with Crippen molar-refractivity contribution in [3.63, 3.8) is 0 Å². The van der Waals surface area contributed by atoms with E-state index in [4.69, 9.17) is 4.74 Å². The van der Waals surface area contributed by atoms with E-state index in [1.807, 2.05) is 6.92 Å². The first-order valence-electron chi connectivity index (χ1n) is 11.0. The average molecular weight is 373 g/mol. The maximum Gasteiger partial charge on any atom is 0.305 e. The highest BCUT2D eigenvalue weighted by atomic mass is 16.5. The van der Waals surface area contributed by atoms with Gasteiger partial charge in [-0.1, -0.05) is 70.6 Å². The van der Waals surface area contributed by atoms with Crippen LogP contribution < -0.4 is 0 Å². The Morgan fingerprint density at radius 1 is 0.731 bits per heavy atom. The molecule has 2 N–H and O–H groups in total. The Morgan fingerprint density at radius 3 is 1.50 bits per heavy atom. The highest BCUT2D eigenvalue weighted by Crippen LogP contribution is 2.19. The molecule has 0 heterocycles. The third kappa shape index (κ3) is 15.6. The molecule has 4 nitrogen and oxygen atoms in total. The summed E-state index contributed by atoms with van der Waals surface area (Å²) in [4.78, 5) is 11.2. The fourth-order valence-corrected chi connectivity index (χ4v) is 3.54. The third-order valence-electron chi connectivity index (χ3n) is 5.21. The third-order valence-corrected chi connectivity index (χ3v) is 5.21. The van der Waals surface area contributed by atoms with Crippen LogP contribution in [-0.2, 0) is 9.53 Å². The molecule has 2 unspecified atom stereocenters. The molecule has 0 aliphatic rings. The van der Waals surface area contributed by atoms with Crippen molar-refractivity contribution in [1.29, 1.82) is 0 Å². The summed E-state index contributed by atoms with van der Waals surface area (Å²) < 4.78 is 4.92. The number of aliphatic hydroxyl groups excluding tert-OH is 2. The largest absolute Gasteiger partial charge is 0.466 e. The first-order chi connectivity index (χ1) is 12.5. The van der Waals surface area contributed by atoms with Crippen LogP contribution in [0.5, 0.6) is 0 Å². The minimum absolute atomic E-state index is 0.0206. The number of hydrogen-bond acceptors (Lipinski definition) is 4. The molecular weight excluding hydrogens is 328 g/mol. The van der Waals surface area contributed by atoms with E-state index in [0.29, 0.717) is 13.0 Å². The van der Waals surface area contributed by atoms with Gasteiger partial charge in [0.1, 0.15) is 0 Å². The Bertz CT molecular complexity index is 307. The first kappa shape index (κ1) is 25.4. The molecule has 0 bridgehead atoms. The molecule has 0 aromatic rings. The Balaban J connectivity index is 3.26. The molecule has 0 radical (unpaired) electrons. The van der Waals surface area contributed by atoms with Gasteiger partial charge in [-0.05, 0) is 33.6 Å². The van der Waals surface area contributed by atoms with Gasteiger partial charge in [-0.25, -0.2) is 0 Å². The van der Waals surface area contributed by atoms with Crippen LogP contribution in [0.25, 0.3) is 0 Å². The van der Waals surface area contributed by atoms with Gasteiger partial charge in [-0.15, -0.1) is 0 Å². The van der Waals surface area contributed by atoms with Gasteiger partial charge in [0.2, 0.25) is 0 Å². The highest BCUT2D eigenvalue weighted by molar-refractivity contribution is 5.69. The Morgan fingerprint density at radius 2 is 1.12 bits per heavy atom. The van der Waals surface area contributed by atoms with Gasteiger partial charge >= 0.3 is 5.97 Å². The topological polar surface area (TPSA) is 66.8 Å². The molecule has 26 heavy (non-hydrogen) atoms. The fraction of sp³-hybridized carbons (Fsp3) is 0.955. The van der Waals surface area contributed by atoms with E-state index in [2.05, 4.69) is 0 Å². The molecule has 2 atom stereocenters. The van der Waals surface area contributed by atoms with Crippen LogP contribution in [-0.4, -0.2) is 35.0 Å². The summed E-state index contributed by atoms with van der Waals surface area (Å²) >= 11 is 0. The van der Waals surface area contributed by atoms with E-state index in [9.17, 15) is 15.0 Å². The van der Waals surface area contributed by atoms with Crippen molar-refractivity contribution in [2.45, 2.75) is 123 Å². The normalized spacial score (nSPS) is 14.8. The Labute approximate surface area is 161 Å². The second-order valence-corrected chi connectivity index (χ2v) is 7.73. The van der Waals surface area contributed by atoms with Gasteiger partial charge in [0.05, 0.1) is 18.8 Å². The van der Waals surface area contributed by atoms with Gasteiger partial charge < -0.3 is 14.9 Å². The van der Waals surface area contributed by atoms with Crippen molar-refractivity contribution in [1.82, 2.24) is 0 Å². The number of carbonyl (C=O) groups excluding carboxylic acids is 1. The molecule has 0 aliphatic heterocycles. The quantitative estimate of drug-likeness (QED) is 0.250. The minimum atomic E-state index is -0.417. The van der Waals surface area contributed by atoms with Crippen LogP contribution in [0.1, 0.15) is 111 Å². The molecule has 0 saturated carbocycles. The molecule has 0 amide bonds. The molecule has 0 aromatic carbocycles. The zero-order valence-corrected chi connectivity index (χ0v) is 17.5. The predicted octanol–water partition coefficient (Wildman–Crippen LogP) is 5.39. The number of aliphatic hydroxyl groups is 2. The van der Waals surface area contributed by atoms with E-state index in [1.54, 1.807) is 13.8 Å². The number of unbranched alkanes of at least 4 members (excludes halogenated alkanes) is 11. The average Bonchev–Trinajstić information content (AvgIpc) is 2.57. The van der Waals surface area contributed by atoms with Crippen molar-refractivity contribution < 1.29 is 19.7 Å². The lowest BCUT2D eigenvalue weighted by Crippen LogP contribution is -2.27. The zero-order chi connectivity index (χ0) is 19.6. The summed E-state index contributed by atoms with van der Waals surface area (Å²) in [6.45, 7) is 5.89. The number of rotatable bonds is 18. The van der Waals surface area contributed by atoms with E-state index in [-0.39, 0.29) is 11.9 Å². The number of carbonyl (C=O) groups is 1. The second kappa shape index (κ2) is 17.8. The molecule has 0 saturated heterocycles. The van der Waals surface area contributed by atoms with Crippen molar-refractivity contribution in [3.8, 4) is 0 Å². The SMILES string of the molecule is CCOC(=O)CCCCCCCCCCCCCCC(C(C)O)C(C)O. The van der Waals surface area contributed by atoms with Gasteiger partial charge in [-0.3, -0.25) is 4.79 Å². The molecule has 0 fully saturated rings. The molecule has 0 aliphatic carbocycles. The first-order valence-corrected chi connectivity index (χ1v) is 11.0. The lowest BCUT2D eigenvalue weighted by molar-refractivity contribution is -0.143. The van der Waals surface area contributed by atoms with Crippen molar-refractivity contribution in [2.75, 3.05) is 6.61 Å². The predicted molar refractivity (Wildman–Crippen MR) is 108 cm³/mol. The fourth-order valence-electron chi connectivity index (χ4n) is 3.54. The van der Waals surface area contributed by atoms with Gasteiger partial charge in [-0.2, -0.15) is 0 Å². The maximum absolute atomic E-state index is 11.2. The molecule has 0 rings (SSSR count). The van der Waals surface area contributed by atoms with Gasteiger partial charge in [0.15, 0.2) is 0 Å². The van der Waals surface area contributed by atoms with E-state index < -0.39 is 12.2 Å². The molecule has 156 valence electrons. The lowest BCUT2D eigenvalue weighted by Gasteiger charge is -2.22. The molecule has 0 aromatic heterocycles. The molecular formula is C22H44O4. The second-order valence-electron chi connectivity index (χ2n) is 7.73. The standard InChI is InChI=1S/C22H44O4/c1-4-26-22(25)18-16-14-12-10-8-6-5-7-9-11-13-15-17-21(19(2)23)20(3)24/h19-21,23-24H,4-18H2,1-3H3. The maximum atomic E-state index is 11.2. The van der Waals surface area contributed by atoms with E-state index >= 15 is 0 Å². The molecule has 0 spiro atoms. The minimum Gasteiger partial charge on any atom is -0.466 e.